The first-order chi connectivity index (χ1) is 9.74. The second-order valence-electron chi connectivity index (χ2n) is 5.25. The van der Waals surface area contributed by atoms with E-state index in [9.17, 15) is 9.59 Å². The van der Waals surface area contributed by atoms with Crippen LogP contribution in [0.3, 0.4) is 0 Å². The van der Waals surface area contributed by atoms with Crippen molar-refractivity contribution in [3.05, 3.63) is 48.1 Å². The zero-order chi connectivity index (χ0) is 13.9. The average molecular weight is 271 g/mol. The minimum absolute atomic E-state index is 0.114. The van der Waals surface area contributed by atoms with Gasteiger partial charge in [-0.05, 0) is 0 Å². The van der Waals surface area contributed by atoms with Gasteiger partial charge in [-0.1, -0.05) is 48.1 Å². The van der Waals surface area contributed by atoms with E-state index in [1.54, 1.807) is 0 Å². The largest absolute Gasteiger partial charge is 0.464 e. The Kier molecular flexibility index (Phi) is 3.54. The molecule has 2 unspecified atom stereocenters. The molecule has 4 nitrogen and oxygen atoms in total. The number of allylic oxidation sites excluding steroid dienone is 7. The Labute approximate surface area is 117 Å². The summed E-state index contributed by atoms with van der Waals surface area (Å²) in [6.45, 7) is 0.396. The molecule has 0 aromatic heterocycles. The lowest BCUT2D eigenvalue weighted by Crippen LogP contribution is -2.38. The van der Waals surface area contributed by atoms with Crippen LogP contribution < -0.4 is 5.32 Å². The number of carbonyl (C=O) groups is 2. The van der Waals surface area contributed by atoms with Crippen molar-refractivity contribution in [3.8, 4) is 0 Å². The van der Waals surface area contributed by atoms with E-state index < -0.39 is 6.04 Å². The molecule has 20 heavy (non-hydrogen) atoms. The van der Waals surface area contributed by atoms with Crippen molar-refractivity contribution in [2.45, 2.75) is 18.9 Å². The van der Waals surface area contributed by atoms with Crippen LogP contribution in [0.1, 0.15) is 12.8 Å². The third-order valence-electron chi connectivity index (χ3n) is 3.88. The zero-order valence-corrected chi connectivity index (χ0v) is 11.1. The van der Waals surface area contributed by atoms with Crippen molar-refractivity contribution >= 4 is 11.9 Å². The lowest BCUT2D eigenvalue weighted by atomic mass is 9.78. The predicted octanol–water partition coefficient (Wildman–Crippen LogP) is 1.66. The quantitative estimate of drug-likeness (QED) is 0.794. The smallest absolute Gasteiger partial charge is 0.328 e. The monoisotopic (exact) mass is 271 g/mol. The summed E-state index contributed by atoms with van der Waals surface area (Å²) in [5.41, 5.74) is 1.09. The van der Waals surface area contributed by atoms with Gasteiger partial charge in [0, 0.05) is 24.7 Å². The number of amides is 1. The molecule has 0 bridgehead atoms. The van der Waals surface area contributed by atoms with Crippen molar-refractivity contribution in [2.75, 3.05) is 6.61 Å². The minimum atomic E-state index is -0.472. The van der Waals surface area contributed by atoms with Gasteiger partial charge in [-0.15, -0.1) is 0 Å². The van der Waals surface area contributed by atoms with Gasteiger partial charge in [0.2, 0.25) is 5.91 Å². The first-order valence-corrected chi connectivity index (χ1v) is 6.92. The van der Waals surface area contributed by atoms with Gasteiger partial charge in [0.15, 0.2) is 0 Å². The van der Waals surface area contributed by atoms with Gasteiger partial charge < -0.3 is 10.1 Å². The summed E-state index contributed by atoms with van der Waals surface area (Å²) in [5.74, 6) is 0.155. The van der Waals surface area contributed by atoms with Gasteiger partial charge in [0.05, 0.1) is 6.61 Å². The first-order valence-electron chi connectivity index (χ1n) is 6.92. The molecular weight excluding hydrogens is 254 g/mol. The van der Waals surface area contributed by atoms with E-state index in [-0.39, 0.29) is 17.8 Å². The van der Waals surface area contributed by atoms with E-state index in [4.69, 9.17) is 4.74 Å². The molecule has 1 aliphatic heterocycles. The van der Waals surface area contributed by atoms with Gasteiger partial charge >= 0.3 is 5.97 Å². The molecular formula is C16H17NO3. The molecule has 1 N–H and O–H groups in total. The second kappa shape index (κ2) is 5.49. The molecule has 0 radical (unpaired) electrons. The minimum Gasteiger partial charge on any atom is -0.464 e. The molecule has 3 atom stereocenters. The Bertz CT molecular complexity index is 542. The van der Waals surface area contributed by atoms with Crippen LogP contribution in [0.25, 0.3) is 0 Å². The topological polar surface area (TPSA) is 55.4 Å². The van der Waals surface area contributed by atoms with Gasteiger partial charge in [0.25, 0.3) is 0 Å². The van der Waals surface area contributed by atoms with Gasteiger partial charge in [-0.2, -0.15) is 0 Å². The van der Waals surface area contributed by atoms with Crippen LogP contribution in [-0.2, 0) is 14.3 Å². The molecule has 0 aromatic carbocycles. The van der Waals surface area contributed by atoms with E-state index in [1.807, 2.05) is 24.3 Å². The molecule has 3 aliphatic rings. The number of hydrogen-bond acceptors (Lipinski definition) is 3. The van der Waals surface area contributed by atoms with Gasteiger partial charge in [-0.3, -0.25) is 4.79 Å². The SMILES string of the molecule is O=C(CC1=CC=CC2C=CC=CC12)N[C@H]1CCOC1=O. The Morgan fingerprint density at radius 2 is 2.05 bits per heavy atom. The molecule has 0 saturated carbocycles. The van der Waals surface area contributed by atoms with E-state index >= 15 is 0 Å². The molecule has 3 rings (SSSR count). The van der Waals surface area contributed by atoms with Crippen LogP contribution in [-0.4, -0.2) is 24.5 Å². The lowest BCUT2D eigenvalue weighted by molar-refractivity contribution is -0.141. The molecule has 1 saturated heterocycles. The van der Waals surface area contributed by atoms with E-state index in [2.05, 4.69) is 23.5 Å². The summed E-state index contributed by atoms with van der Waals surface area (Å²) in [4.78, 5) is 23.4. The fourth-order valence-corrected chi connectivity index (χ4v) is 2.83. The molecule has 4 heteroatoms. The number of ether oxygens (including phenoxy) is 1. The molecule has 104 valence electrons. The summed E-state index contributed by atoms with van der Waals surface area (Å²) in [5, 5.41) is 2.75. The summed E-state index contributed by atoms with van der Waals surface area (Å²) in [6.07, 6.45) is 15.3. The number of carbonyl (C=O) groups excluding carboxylic acids is 2. The van der Waals surface area contributed by atoms with Crippen molar-refractivity contribution in [1.29, 1.82) is 0 Å². The second-order valence-corrected chi connectivity index (χ2v) is 5.25. The van der Waals surface area contributed by atoms with Gasteiger partial charge in [-0.25, -0.2) is 4.79 Å². The van der Waals surface area contributed by atoms with E-state index in [1.165, 1.54) is 0 Å². The number of rotatable bonds is 3. The maximum atomic E-state index is 12.1. The summed E-state index contributed by atoms with van der Waals surface area (Å²) >= 11 is 0. The summed E-state index contributed by atoms with van der Waals surface area (Å²) in [6, 6.07) is -0.472. The normalized spacial score (nSPS) is 30.7. The Morgan fingerprint density at radius 1 is 1.25 bits per heavy atom. The fraction of sp³-hybridized carbons (Fsp3) is 0.375. The van der Waals surface area contributed by atoms with Crippen LogP contribution >= 0.6 is 0 Å². The van der Waals surface area contributed by atoms with Crippen LogP contribution in [0.5, 0.6) is 0 Å². The summed E-state index contributed by atoms with van der Waals surface area (Å²) in [7, 11) is 0. The van der Waals surface area contributed by atoms with Crippen LogP contribution in [0.15, 0.2) is 48.1 Å². The highest BCUT2D eigenvalue weighted by molar-refractivity contribution is 5.86. The number of cyclic esters (lactones) is 1. The molecule has 0 aromatic rings. The van der Waals surface area contributed by atoms with E-state index in [0.717, 1.165) is 5.57 Å². The van der Waals surface area contributed by atoms with Crippen LogP contribution in [0.2, 0.25) is 0 Å². The highest BCUT2D eigenvalue weighted by atomic mass is 16.5. The Hall–Kier alpha value is -2.10. The number of esters is 1. The first kappa shape index (κ1) is 12.9. The number of hydrogen-bond donors (Lipinski definition) is 1. The standard InChI is InChI=1S/C16H17NO3/c18-15(17-14-8-9-20-16(14)19)10-12-6-3-5-11-4-1-2-7-13(11)12/h1-7,11,13-14H,8-10H2,(H,17,18)/t11?,13?,14-/m0/s1. The fourth-order valence-electron chi connectivity index (χ4n) is 2.83. The Balaban J connectivity index is 1.62. The van der Waals surface area contributed by atoms with Crippen LogP contribution in [0.4, 0.5) is 0 Å². The van der Waals surface area contributed by atoms with Crippen molar-refractivity contribution < 1.29 is 14.3 Å². The lowest BCUT2D eigenvalue weighted by Gasteiger charge is -2.27. The van der Waals surface area contributed by atoms with Crippen LogP contribution in [0, 0.1) is 11.8 Å². The maximum absolute atomic E-state index is 12.1. The average Bonchev–Trinajstić information content (AvgIpc) is 2.85. The van der Waals surface area contributed by atoms with Crippen molar-refractivity contribution in [1.82, 2.24) is 5.32 Å². The van der Waals surface area contributed by atoms with Crippen molar-refractivity contribution in [2.24, 2.45) is 11.8 Å². The number of fused-ring (bicyclic) bond motifs is 1. The molecule has 0 spiro atoms. The maximum Gasteiger partial charge on any atom is 0.328 e. The molecule has 1 amide bonds. The molecule has 1 fully saturated rings. The van der Waals surface area contributed by atoms with Gasteiger partial charge in [0.1, 0.15) is 6.04 Å². The molecule has 1 heterocycles. The Morgan fingerprint density at radius 3 is 2.85 bits per heavy atom. The third kappa shape index (κ3) is 2.59. The predicted molar refractivity (Wildman–Crippen MR) is 74.6 cm³/mol. The summed E-state index contributed by atoms with van der Waals surface area (Å²) < 4.78 is 4.84. The third-order valence-corrected chi connectivity index (χ3v) is 3.88. The zero-order valence-electron chi connectivity index (χ0n) is 11.1. The van der Waals surface area contributed by atoms with Crippen molar-refractivity contribution in [3.63, 3.8) is 0 Å². The molecule has 2 aliphatic carbocycles. The van der Waals surface area contributed by atoms with E-state index in [0.29, 0.717) is 25.4 Å². The highest BCUT2D eigenvalue weighted by Gasteiger charge is 2.29. The highest BCUT2D eigenvalue weighted by Crippen LogP contribution is 2.32. The number of nitrogens with one attached hydrogen (secondary N) is 1.